The predicted octanol–water partition coefficient (Wildman–Crippen LogP) is 1.41. The van der Waals surface area contributed by atoms with E-state index in [-0.39, 0.29) is 5.69 Å². The molecule has 1 aromatic heterocycles. The van der Waals surface area contributed by atoms with Crippen LogP contribution in [0.5, 0.6) is 0 Å². The van der Waals surface area contributed by atoms with Gasteiger partial charge >= 0.3 is 5.69 Å². The molecule has 0 radical (unpaired) electrons. The van der Waals surface area contributed by atoms with Crippen LogP contribution in [0.15, 0.2) is 23.0 Å². The van der Waals surface area contributed by atoms with Crippen molar-refractivity contribution >= 4 is 17.3 Å². The van der Waals surface area contributed by atoms with Crippen LogP contribution in [0, 0.1) is 0 Å². The summed E-state index contributed by atoms with van der Waals surface area (Å²) in [5, 5.41) is 0. The molecule has 0 saturated heterocycles. The molecule has 4 heteroatoms. The zero-order valence-electron chi connectivity index (χ0n) is 8.77. The Bertz CT molecular complexity index is 605. The van der Waals surface area contributed by atoms with Gasteiger partial charge in [0, 0.05) is 12.5 Å². The molecule has 0 aliphatic heterocycles. The van der Waals surface area contributed by atoms with Crippen molar-refractivity contribution in [3.05, 3.63) is 34.2 Å². The number of aromatic nitrogens is 2. The van der Waals surface area contributed by atoms with E-state index in [1.807, 2.05) is 18.2 Å². The van der Waals surface area contributed by atoms with E-state index in [1.165, 1.54) is 0 Å². The number of hydrogen-bond acceptors (Lipinski definition) is 2. The minimum atomic E-state index is -0.0594. The summed E-state index contributed by atoms with van der Waals surface area (Å²) < 4.78 is 1.80. The molecule has 0 spiro atoms. The van der Waals surface area contributed by atoms with Crippen LogP contribution >= 0.6 is 0 Å². The Balaban J connectivity index is 2.33. The van der Waals surface area contributed by atoms with E-state index < -0.39 is 0 Å². The minimum Gasteiger partial charge on any atom is -0.306 e. The lowest BCUT2D eigenvalue weighted by atomic mass is 10.1. The molecular weight excluding hydrogens is 204 g/mol. The second-order valence-corrected chi connectivity index (χ2v) is 4.22. The molecule has 1 heterocycles. The van der Waals surface area contributed by atoms with Crippen molar-refractivity contribution in [3.8, 4) is 0 Å². The molecular formula is C12H12N2O2. The maximum absolute atomic E-state index is 11.8. The third kappa shape index (κ3) is 1.30. The lowest BCUT2D eigenvalue weighted by Gasteiger charge is -2.04. The van der Waals surface area contributed by atoms with Gasteiger partial charge < -0.3 is 9.78 Å². The number of H-pyrrole nitrogens is 1. The summed E-state index contributed by atoms with van der Waals surface area (Å²) in [6, 6.07) is 5.98. The lowest BCUT2D eigenvalue weighted by Crippen LogP contribution is -2.15. The highest BCUT2D eigenvalue weighted by Crippen LogP contribution is 2.36. The van der Waals surface area contributed by atoms with Crippen LogP contribution in [0.3, 0.4) is 0 Å². The van der Waals surface area contributed by atoms with Gasteiger partial charge in [0.25, 0.3) is 0 Å². The zero-order chi connectivity index (χ0) is 11.1. The molecule has 16 heavy (non-hydrogen) atoms. The summed E-state index contributed by atoms with van der Waals surface area (Å²) in [6.07, 6.45) is 3.36. The molecule has 1 N–H and O–H groups in total. The number of nitrogens with zero attached hydrogens (tertiary/aromatic N) is 1. The Labute approximate surface area is 91.9 Å². The van der Waals surface area contributed by atoms with Crippen molar-refractivity contribution in [2.45, 2.75) is 25.3 Å². The fraction of sp³-hybridized carbons (Fsp3) is 0.333. The maximum atomic E-state index is 11.8. The number of fused-ring (bicyclic) bond motifs is 1. The number of aromatic amines is 1. The molecule has 1 aromatic carbocycles. The number of imidazole rings is 1. The first-order valence-electron chi connectivity index (χ1n) is 5.47. The van der Waals surface area contributed by atoms with Crippen molar-refractivity contribution in [1.82, 2.24) is 9.55 Å². The van der Waals surface area contributed by atoms with Gasteiger partial charge in [0.15, 0.2) is 0 Å². The van der Waals surface area contributed by atoms with E-state index in [2.05, 4.69) is 4.98 Å². The van der Waals surface area contributed by atoms with E-state index in [1.54, 1.807) is 4.57 Å². The molecule has 2 aromatic rings. The quantitative estimate of drug-likeness (QED) is 0.788. The van der Waals surface area contributed by atoms with Gasteiger partial charge in [-0.15, -0.1) is 0 Å². The third-order valence-electron chi connectivity index (χ3n) is 3.04. The van der Waals surface area contributed by atoms with Gasteiger partial charge in [-0.05, 0) is 24.5 Å². The monoisotopic (exact) mass is 216 g/mol. The highest BCUT2D eigenvalue weighted by molar-refractivity contribution is 5.81. The van der Waals surface area contributed by atoms with Gasteiger partial charge in [0.2, 0.25) is 0 Å². The largest absolute Gasteiger partial charge is 0.326 e. The van der Waals surface area contributed by atoms with Crippen LogP contribution in [0.1, 0.15) is 24.4 Å². The standard InChI is InChI=1S/C12H12N2O2/c15-7-6-8-2-1-3-10-11(8)14(9-4-5-9)12(16)13-10/h1-3,7,9H,4-6H2,(H,13,16). The Hall–Kier alpha value is -1.84. The Morgan fingerprint density at radius 2 is 2.25 bits per heavy atom. The molecule has 1 aliphatic carbocycles. The van der Waals surface area contributed by atoms with Gasteiger partial charge in [-0.2, -0.15) is 0 Å². The van der Waals surface area contributed by atoms with Crippen molar-refractivity contribution in [1.29, 1.82) is 0 Å². The first-order chi connectivity index (χ1) is 7.81. The van der Waals surface area contributed by atoms with E-state index >= 15 is 0 Å². The number of para-hydroxylation sites is 1. The number of aldehydes is 1. The topological polar surface area (TPSA) is 54.9 Å². The van der Waals surface area contributed by atoms with Gasteiger partial charge in [-0.3, -0.25) is 4.57 Å². The summed E-state index contributed by atoms with van der Waals surface area (Å²) in [4.78, 5) is 25.3. The smallest absolute Gasteiger partial charge is 0.306 e. The Morgan fingerprint density at radius 3 is 2.94 bits per heavy atom. The Kier molecular flexibility index (Phi) is 1.96. The van der Waals surface area contributed by atoms with Gasteiger partial charge in [-0.1, -0.05) is 12.1 Å². The van der Waals surface area contributed by atoms with E-state index in [0.717, 1.165) is 35.7 Å². The number of rotatable bonds is 3. The van der Waals surface area contributed by atoms with Crippen LogP contribution in [0.25, 0.3) is 11.0 Å². The van der Waals surface area contributed by atoms with E-state index in [9.17, 15) is 9.59 Å². The van der Waals surface area contributed by atoms with Crippen LogP contribution in [-0.4, -0.2) is 15.8 Å². The minimum absolute atomic E-state index is 0.0594. The molecule has 3 rings (SSSR count). The molecule has 1 saturated carbocycles. The van der Waals surface area contributed by atoms with Crippen molar-refractivity contribution < 1.29 is 4.79 Å². The Morgan fingerprint density at radius 1 is 1.44 bits per heavy atom. The summed E-state index contributed by atoms with van der Waals surface area (Å²) in [6.45, 7) is 0. The van der Waals surface area contributed by atoms with Gasteiger partial charge in [0.05, 0.1) is 11.0 Å². The fourth-order valence-electron chi connectivity index (χ4n) is 2.19. The van der Waals surface area contributed by atoms with Gasteiger partial charge in [-0.25, -0.2) is 4.79 Å². The van der Waals surface area contributed by atoms with Crippen LogP contribution < -0.4 is 5.69 Å². The van der Waals surface area contributed by atoms with Crippen molar-refractivity contribution in [2.24, 2.45) is 0 Å². The maximum Gasteiger partial charge on any atom is 0.326 e. The number of carbonyl (C=O) groups is 1. The second kappa shape index (κ2) is 3.33. The average molecular weight is 216 g/mol. The number of benzene rings is 1. The van der Waals surface area contributed by atoms with E-state index in [4.69, 9.17) is 0 Å². The number of hydrogen-bond donors (Lipinski definition) is 1. The average Bonchev–Trinajstić information content (AvgIpc) is 3.02. The molecule has 0 bridgehead atoms. The summed E-state index contributed by atoms with van der Waals surface area (Å²) >= 11 is 0. The molecule has 0 atom stereocenters. The summed E-state index contributed by atoms with van der Waals surface area (Å²) in [5.41, 5.74) is 2.60. The van der Waals surface area contributed by atoms with Gasteiger partial charge in [0.1, 0.15) is 6.29 Å². The van der Waals surface area contributed by atoms with E-state index in [0.29, 0.717) is 12.5 Å². The van der Waals surface area contributed by atoms with Crippen LogP contribution in [0.2, 0.25) is 0 Å². The van der Waals surface area contributed by atoms with Crippen molar-refractivity contribution in [3.63, 3.8) is 0 Å². The fourth-order valence-corrected chi connectivity index (χ4v) is 2.19. The normalized spacial score (nSPS) is 15.5. The molecule has 0 amide bonds. The highest BCUT2D eigenvalue weighted by atomic mass is 16.1. The molecule has 1 aliphatic rings. The first kappa shape index (κ1) is 9.39. The lowest BCUT2D eigenvalue weighted by molar-refractivity contribution is -0.107. The second-order valence-electron chi connectivity index (χ2n) is 4.22. The highest BCUT2D eigenvalue weighted by Gasteiger charge is 2.27. The summed E-state index contributed by atoms with van der Waals surface area (Å²) in [7, 11) is 0. The number of carbonyl (C=O) groups excluding carboxylic acids is 1. The molecule has 1 fully saturated rings. The van der Waals surface area contributed by atoms with Crippen LogP contribution in [-0.2, 0) is 11.2 Å². The van der Waals surface area contributed by atoms with Crippen LogP contribution in [0.4, 0.5) is 0 Å². The molecule has 0 unspecified atom stereocenters. The SMILES string of the molecule is O=CCc1cccc2[nH]c(=O)n(C3CC3)c12. The first-order valence-corrected chi connectivity index (χ1v) is 5.47. The molecule has 4 nitrogen and oxygen atoms in total. The van der Waals surface area contributed by atoms with Crippen molar-refractivity contribution in [2.75, 3.05) is 0 Å². The number of nitrogens with one attached hydrogen (secondary N) is 1. The molecule has 82 valence electrons. The summed E-state index contributed by atoms with van der Waals surface area (Å²) in [5.74, 6) is 0. The zero-order valence-corrected chi connectivity index (χ0v) is 8.77. The predicted molar refractivity (Wildman–Crippen MR) is 60.6 cm³/mol. The third-order valence-corrected chi connectivity index (χ3v) is 3.04.